The summed E-state index contributed by atoms with van der Waals surface area (Å²) in [5.74, 6) is 0. The van der Waals surface area contributed by atoms with Crippen LogP contribution in [0.15, 0.2) is 18.5 Å². The Bertz CT molecular complexity index is 239. The first-order valence-corrected chi connectivity index (χ1v) is 4.32. The molecule has 0 aliphatic heterocycles. The van der Waals surface area contributed by atoms with Crippen LogP contribution in [0.25, 0.3) is 0 Å². The molecule has 0 bridgehead atoms. The van der Waals surface area contributed by atoms with Crippen molar-refractivity contribution in [1.82, 2.24) is 10.3 Å². The molecule has 1 saturated carbocycles. The number of rotatable bonds is 4. The number of nitrogens with one attached hydrogen (secondary N) is 2. The van der Waals surface area contributed by atoms with Crippen LogP contribution in [0.2, 0.25) is 0 Å². The number of aliphatic hydroxyl groups is 1. The van der Waals surface area contributed by atoms with E-state index in [9.17, 15) is 0 Å². The summed E-state index contributed by atoms with van der Waals surface area (Å²) in [6.07, 6.45) is 6.10. The molecule has 66 valence electrons. The van der Waals surface area contributed by atoms with E-state index in [1.807, 2.05) is 18.5 Å². The van der Waals surface area contributed by atoms with Gasteiger partial charge < -0.3 is 15.4 Å². The lowest BCUT2D eigenvalue weighted by Crippen LogP contribution is -2.33. The van der Waals surface area contributed by atoms with E-state index in [0.29, 0.717) is 0 Å². The van der Waals surface area contributed by atoms with Crippen LogP contribution in [0, 0.1) is 0 Å². The summed E-state index contributed by atoms with van der Waals surface area (Å²) < 4.78 is 0. The van der Waals surface area contributed by atoms with Crippen molar-refractivity contribution in [3.8, 4) is 0 Å². The van der Waals surface area contributed by atoms with E-state index in [2.05, 4.69) is 10.3 Å². The van der Waals surface area contributed by atoms with Gasteiger partial charge in [-0.15, -0.1) is 0 Å². The van der Waals surface area contributed by atoms with Crippen LogP contribution < -0.4 is 5.32 Å². The van der Waals surface area contributed by atoms with E-state index >= 15 is 0 Å². The molecule has 0 amide bonds. The highest BCUT2D eigenvalue weighted by molar-refractivity contribution is 5.10. The molecule has 0 atom stereocenters. The molecule has 3 N–H and O–H groups in total. The van der Waals surface area contributed by atoms with Crippen molar-refractivity contribution >= 4 is 0 Å². The molecule has 0 spiro atoms. The van der Waals surface area contributed by atoms with Crippen LogP contribution in [0.5, 0.6) is 0 Å². The Morgan fingerprint density at radius 2 is 2.42 bits per heavy atom. The summed E-state index contributed by atoms with van der Waals surface area (Å²) in [4.78, 5) is 3.00. The van der Waals surface area contributed by atoms with E-state index in [4.69, 9.17) is 5.11 Å². The Labute approximate surface area is 71.8 Å². The summed E-state index contributed by atoms with van der Waals surface area (Å²) in [6, 6.07) is 2.04. The van der Waals surface area contributed by atoms with E-state index in [1.165, 1.54) is 5.56 Å². The Kier molecular flexibility index (Phi) is 1.90. The second kappa shape index (κ2) is 2.92. The number of hydrogen-bond acceptors (Lipinski definition) is 2. The standard InChI is InChI=1S/C9H14N2O/c12-7-9(2-3-9)11-6-8-1-4-10-5-8/h1,4-5,10-12H,2-3,6-7H2. The first kappa shape index (κ1) is 7.83. The Morgan fingerprint density at radius 1 is 1.58 bits per heavy atom. The first-order valence-electron chi connectivity index (χ1n) is 4.32. The van der Waals surface area contributed by atoms with Crippen molar-refractivity contribution in [2.75, 3.05) is 6.61 Å². The third-order valence-corrected chi connectivity index (χ3v) is 2.49. The molecule has 3 nitrogen and oxygen atoms in total. The second-order valence-corrected chi connectivity index (χ2v) is 3.51. The van der Waals surface area contributed by atoms with Crippen molar-refractivity contribution in [2.45, 2.75) is 24.9 Å². The van der Waals surface area contributed by atoms with E-state index in [0.717, 1.165) is 19.4 Å². The van der Waals surface area contributed by atoms with Gasteiger partial charge in [0.05, 0.1) is 6.61 Å². The van der Waals surface area contributed by atoms with Crippen molar-refractivity contribution in [1.29, 1.82) is 0 Å². The minimum atomic E-state index is 0.0528. The topological polar surface area (TPSA) is 48.0 Å². The smallest absolute Gasteiger partial charge is 0.0613 e. The Hall–Kier alpha value is -0.800. The van der Waals surface area contributed by atoms with Gasteiger partial charge in [0, 0.05) is 24.5 Å². The summed E-state index contributed by atoms with van der Waals surface area (Å²) in [6.45, 7) is 1.11. The van der Waals surface area contributed by atoms with E-state index in [-0.39, 0.29) is 12.1 Å². The SMILES string of the molecule is OCC1(NCc2cc[nH]c2)CC1. The van der Waals surface area contributed by atoms with Crippen LogP contribution in [-0.4, -0.2) is 22.2 Å². The van der Waals surface area contributed by atoms with Crippen LogP contribution >= 0.6 is 0 Å². The maximum atomic E-state index is 9.01. The lowest BCUT2D eigenvalue weighted by molar-refractivity contribution is 0.229. The lowest BCUT2D eigenvalue weighted by atomic mass is 10.2. The van der Waals surface area contributed by atoms with Gasteiger partial charge in [-0.1, -0.05) is 0 Å². The fraction of sp³-hybridized carbons (Fsp3) is 0.556. The minimum absolute atomic E-state index is 0.0528. The van der Waals surface area contributed by atoms with Crippen molar-refractivity contribution in [3.63, 3.8) is 0 Å². The second-order valence-electron chi connectivity index (χ2n) is 3.51. The van der Waals surface area contributed by atoms with Gasteiger partial charge in [0.1, 0.15) is 0 Å². The van der Waals surface area contributed by atoms with Gasteiger partial charge >= 0.3 is 0 Å². The third kappa shape index (κ3) is 1.52. The molecule has 2 rings (SSSR count). The fourth-order valence-corrected chi connectivity index (χ4v) is 1.30. The van der Waals surface area contributed by atoms with Crippen molar-refractivity contribution in [3.05, 3.63) is 24.0 Å². The molecule has 0 radical (unpaired) electrons. The highest BCUT2D eigenvalue weighted by Gasteiger charge is 2.41. The predicted molar refractivity (Wildman–Crippen MR) is 46.7 cm³/mol. The van der Waals surface area contributed by atoms with Gasteiger partial charge in [-0.3, -0.25) is 0 Å². The summed E-state index contributed by atoms with van der Waals surface area (Å²) in [7, 11) is 0. The molecule has 0 aromatic carbocycles. The number of aromatic amines is 1. The summed E-state index contributed by atoms with van der Waals surface area (Å²) in [5, 5.41) is 12.4. The Morgan fingerprint density at radius 3 is 2.92 bits per heavy atom. The molecule has 0 saturated heterocycles. The van der Waals surface area contributed by atoms with Gasteiger partial charge in [-0.25, -0.2) is 0 Å². The highest BCUT2D eigenvalue weighted by atomic mass is 16.3. The van der Waals surface area contributed by atoms with E-state index < -0.39 is 0 Å². The zero-order valence-electron chi connectivity index (χ0n) is 7.01. The average Bonchev–Trinajstić information content (AvgIpc) is 2.70. The molecule has 1 aliphatic rings. The summed E-state index contributed by atoms with van der Waals surface area (Å²) in [5.41, 5.74) is 1.30. The van der Waals surface area contributed by atoms with Gasteiger partial charge in [0.25, 0.3) is 0 Å². The first-order chi connectivity index (χ1) is 5.85. The van der Waals surface area contributed by atoms with Crippen molar-refractivity contribution < 1.29 is 5.11 Å². The van der Waals surface area contributed by atoms with Crippen molar-refractivity contribution in [2.24, 2.45) is 0 Å². The van der Waals surface area contributed by atoms with Crippen LogP contribution in [0.1, 0.15) is 18.4 Å². The number of hydrogen-bond donors (Lipinski definition) is 3. The Balaban J connectivity index is 1.83. The van der Waals surface area contributed by atoms with Crippen LogP contribution in [0.4, 0.5) is 0 Å². The number of aliphatic hydroxyl groups excluding tert-OH is 1. The molecule has 1 aliphatic carbocycles. The van der Waals surface area contributed by atoms with Crippen LogP contribution in [0.3, 0.4) is 0 Å². The van der Waals surface area contributed by atoms with E-state index in [1.54, 1.807) is 0 Å². The lowest BCUT2D eigenvalue weighted by Gasteiger charge is -2.12. The fourth-order valence-electron chi connectivity index (χ4n) is 1.30. The zero-order valence-corrected chi connectivity index (χ0v) is 7.01. The molecule has 0 unspecified atom stereocenters. The minimum Gasteiger partial charge on any atom is -0.394 e. The summed E-state index contributed by atoms with van der Waals surface area (Å²) >= 11 is 0. The highest BCUT2D eigenvalue weighted by Crippen LogP contribution is 2.34. The van der Waals surface area contributed by atoms with Gasteiger partial charge in [0.2, 0.25) is 0 Å². The quantitative estimate of drug-likeness (QED) is 0.614. The zero-order chi connectivity index (χ0) is 8.44. The monoisotopic (exact) mass is 166 g/mol. The number of H-pyrrole nitrogens is 1. The van der Waals surface area contributed by atoms with Gasteiger partial charge in [0.15, 0.2) is 0 Å². The van der Waals surface area contributed by atoms with Gasteiger partial charge in [-0.2, -0.15) is 0 Å². The largest absolute Gasteiger partial charge is 0.394 e. The predicted octanol–water partition coefficient (Wildman–Crippen LogP) is 0.629. The molecule has 1 heterocycles. The third-order valence-electron chi connectivity index (χ3n) is 2.49. The maximum Gasteiger partial charge on any atom is 0.0613 e. The molecule has 12 heavy (non-hydrogen) atoms. The van der Waals surface area contributed by atoms with Gasteiger partial charge in [-0.05, 0) is 24.5 Å². The molecule has 1 fully saturated rings. The number of aromatic nitrogens is 1. The molecular weight excluding hydrogens is 152 g/mol. The normalized spacial score (nSPS) is 19.4. The van der Waals surface area contributed by atoms with Crippen LogP contribution in [-0.2, 0) is 6.54 Å². The maximum absolute atomic E-state index is 9.01. The molecular formula is C9H14N2O. The molecule has 3 heteroatoms. The average molecular weight is 166 g/mol. The molecule has 1 aromatic rings. The molecule has 1 aromatic heterocycles.